The van der Waals surface area contributed by atoms with E-state index in [-0.39, 0.29) is 12.8 Å². The van der Waals surface area contributed by atoms with Gasteiger partial charge in [-0.2, -0.15) is 0 Å². The van der Waals surface area contributed by atoms with Crippen LogP contribution in [0.15, 0.2) is 4.99 Å². The van der Waals surface area contributed by atoms with Gasteiger partial charge in [0.2, 0.25) is 0 Å². The molecule has 0 amide bonds. The molecule has 4 aliphatic rings. The molecule has 25 N–H and O–H groups in total. The van der Waals surface area contributed by atoms with Gasteiger partial charge in [0, 0.05) is 6.42 Å². The van der Waals surface area contributed by atoms with E-state index < -0.39 is 159 Å². The molecule has 0 unspecified atom stereocenters. The summed E-state index contributed by atoms with van der Waals surface area (Å²) < 4.78 is 35.4. The van der Waals surface area contributed by atoms with Crippen LogP contribution in [0.2, 0.25) is 0 Å². The number of nitrogens with two attached hydrogens (primary N) is 6. The molecular weight excluding hydrogens is 728 g/mol. The van der Waals surface area contributed by atoms with Crippen molar-refractivity contribution in [3.63, 3.8) is 0 Å². The van der Waals surface area contributed by atoms with E-state index in [2.05, 4.69) is 10.3 Å². The summed E-state index contributed by atoms with van der Waals surface area (Å²) >= 11 is 0. The second-order valence-corrected chi connectivity index (χ2v) is 13.5. The fraction of sp³-hybridized carbons (Fsp3) is 0.821. The van der Waals surface area contributed by atoms with Crippen molar-refractivity contribution in [1.29, 1.82) is 21.6 Å². The van der Waals surface area contributed by atoms with Gasteiger partial charge in [0.05, 0.1) is 61.3 Å². The molecule has 1 aliphatic carbocycles. The molecule has 308 valence electrons. The van der Waals surface area contributed by atoms with E-state index in [1.807, 2.05) is 0 Å². The molecule has 0 aromatic heterocycles. The summed E-state index contributed by atoms with van der Waals surface area (Å²) in [5, 5.41) is 120. The van der Waals surface area contributed by atoms with Gasteiger partial charge in [0.25, 0.3) is 0 Å². The Bertz CT molecular complexity index is 1380. The van der Waals surface area contributed by atoms with Crippen molar-refractivity contribution in [3.05, 3.63) is 0 Å². The van der Waals surface area contributed by atoms with Crippen LogP contribution >= 0.6 is 0 Å². The number of rotatable bonds is 14. The van der Waals surface area contributed by atoms with Gasteiger partial charge in [0.1, 0.15) is 66.6 Å². The van der Waals surface area contributed by atoms with Gasteiger partial charge in [-0.05, 0) is 6.42 Å². The van der Waals surface area contributed by atoms with Crippen LogP contribution in [0.3, 0.4) is 0 Å². The lowest BCUT2D eigenvalue weighted by Gasteiger charge is -2.48. The Hall–Kier alpha value is -3.61. The van der Waals surface area contributed by atoms with Crippen molar-refractivity contribution in [2.75, 3.05) is 13.2 Å². The minimum absolute atomic E-state index is 0.199. The number of amidine groups is 3. The second-order valence-electron chi connectivity index (χ2n) is 13.5. The number of nitrogens with one attached hydrogen (secondary N) is 5. The number of aliphatic hydroxyl groups is 8. The van der Waals surface area contributed by atoms with Gasteiger partial charge in [-0.15, -0.1) is 0 Å². The molecule has 26 heteroatoms. The van der Waals surface area contributed by atoms with E-state index in [9.17, 15) is 40.9 Å². The molecule has 26 nitrogen and oxygen atoms in total. The van der Waals surface area contributed by atoms with Gasteiger partial charge in [0.15, 0.2) is 30.8 Å². The molecule has 0 radical (unpaired) electrons. The average molecular weight is 781 g/mol. The van der Waals surface area contributed by atoms with E-state index in [1.165, 1.54) is 0 Å². The first-order chi connectivity index (χ1) is 25.3. The third-order valence-corrected chi connectivity index (χ3v) is 9.67. The van der Waals surface area contributed by atoms with Crippen molar-refractivity contribution >= 4 is 29.4 Å². The van der Waals surface area contributed by atoms with Crippen LogP contribution in [0, 0.1) is 33.5 Å². The van der Waals surface area contributed by atoms with Crippen molar-refractivity contribution in [3.8, 4) is 0 Å². The minimum atomic E-state index is -1.87. The summed E-state index contributed by atoms with van der Waals surface area (Å²) in [7, 11) is 0. The third-order valence-electron chi connectivity index (χ3n) is 9.67. The summed E-state index contributed by atoms with van der Waals surface area (Å²) in [6, 6.07) is -2.34. The Balaban J connectivity index is 1.68. The molecule has 3 aliphatic heterocycles. The Morgan fingerprint density at radius 2 is 1.09 bits per heavy atom. The molecule has 0 bridgehead atoms. The van der Waals surface area contributed by atoms with Gasteiger partial charge in [-0.3, -0.25) is 21.6 Å². The highest BCUT2D eigenvalue weighted by molar-refractivity contribution is 5.81. The maximum Gasteiger partial charge on any atom is 0.187 e. The van der Waals surface area contributed by atoms with Gasteiger partial charge >= 0.3 is 0 Å². The van der Waals surface area contributed by atoms with Crippen LogP contribution in [-0.4, -0.2) is 188 Å². The summed E-state index contributed by atoms with van der Waals surface area (Å²) in [5.74, 6) is -5.88. The number of aliphatic hydroxyl groups excluding tert-OH is 8. The molecule has 54 heavy (non-hydrogen) atoms. The summed E-state index contributed by atoms with van der Waals surface area (Å²) in [4.78, 5) is 4.04. The quantitative estimate of drug-likeness (QED) is 0.0574. The van der Waals surface area contributed by atoms with Crippen molar-refractivity contribution in [2.45, 2.75) is 117 Å². The minimum Gasteiger partial charge on any atom is -0.394 e. The number of aliphatic imine (C=N–C) groups is 1. The maximum atomic E-state index is 11.6. The fourth-order valence-corrected chi connectivity index (χ4v) is 7.06. The van der Waals surface area contributed by atoms with Crippen molar-refractivity contribution in [1.82, 2.24) is 5.32 Å². The van der Waals surface area contributed by atoms with E-state index in [0.717, 1.165) is 0 Å². The first kappa shape index (κ1) is 43.1. The molecule has 19 atom stereocenters. The van der Waals surface area contributed by atoms with Crippen LogP contribution in [-0.2, 0) is 28.4 Å². The lowest BCUT2D eigenvalue weighted by Crippen LogP contribution is -2.67. The fourth-order valence-electron chi connectivity index (χ4n) is 7.06. The molecular formula is C28H52N12O14. The van der Waals surface area contributed by atoms with E-state index >= 15 is 0 Å². The molecule has 0 aromatic carbocycles. The summed E-state index contributed by atoms with van der Waals surface area (Å²) in [6.45, 7) is -1.62. The maximum absolute atomic E-state index is 11.6. The largest absolute Gasteiger partial charge is 0.394 e. The number of nitrogens with zero attached hydrogens (tertiary/aromatic N) is 1. The first-order valence-corrected chi connectivity index (χ1v) is 16.7. The lowest BCUT2D eigenvalue weighted by atomic mass is 9.83. The van der Waals surface area contributed by atoms with Crippen LogP contribution in [0.5, 0.6) is 0 Å². The van der Waals surface area contributed by atoms with Crippen LogP contribution in [0.25, 0.3) is 0 Å². The molecule has 0 aromatic rings. The number of hydrogen-bond acceptors (Lipinski definition) is 19. The second kappa shape index (κ2) is 17.9. The Labute approximate surface area is 307 Å². The van der Waals surface area contributed by atoms with E-state index in [4.69, 9.17) is 84.5 Å². The molecule has 0 spiro atoms. The van der Waals surface area contributed by atoms with Crippen molar-refractivity contribution < 1.29 is 69.3 Å². The van der Waals surface area contributed by atoms with Crippen LogP contribution < -0.4 is 39.7 Å². The molecule has 4 fully saturated rings. The SMILES string of the molecule is N=C(N)C[C@@H]1O[C@H](O[C@H]2[C@@H](O)[C@H](O[C@@H]3[C@@H](O)[C@H](N=C(N)N)C[C@H](NC(=N)N)[C@H]3O[C@H]3O[C@H](CO)[C@@H](O)[C@H](O)[C@H]3C(=N)N)O[C@@H]2CO)[C@H](C(=N)N)[C@@H](O)[C@@H]1O. The van der Waals surface area contributed by atoms with E-state index in [1.54, 1.807) is 0 Å². The number of guanidine groups is 2. The zero-order chi connectivity index (χ0) is 40.3. The monoisotopic (exact) mass is 780 g/mol. The smallest absolute Gasteiger partial charge is 0.187 e. The van der Waals surface area contributed by atoms with Gasteiger partial charge < -0.3 is 109 Å². The number of ether oxygens (including phenoxy) is 6. The predicted octanol–water partition coefficient (Wildman–Crippen LogP) is -9.21. The first-order valence-electron chi connectivity index (χ1n) is 16.7. The third kappa shape index (κ3) is 9.25. The highest BCUT2D eigenvalue weighted by Crippen LogP contribution is 2.38. The Morgan fingerprint density at radius 3 is 1.57 bits per heavy atom. The van der Waals surface area contributed by atoms with Gasteiger partial charge in [-0.25, -0.2) is 4.99 Å². The standard InChI is InChI=1S/C28H52N12O14/c29-10(30)2-7-14(44)16(46)11(22(31)32)24(49-7)53-20-9(4-42)51-26(18(20)48)54-21-13(43)5(39-27(35)36)1-6(40-28(37)38)19(21)52-25-12(23(33)34)17(47)15(45)8(3-41)50-25/h5-9,11-21,24-26,41-48H,1-4H2,(H3,29,30)(H3,31,32)(H3,33,34)(H4,35,36,39)(H4,37,38,40)/t5-,6+,7+,8-,9-,11+,12+,13+,14-,15-,16-,17-,18-,19-,20-,21-,24-,25-,26+/m1/s1. The highest BCUT2D eigenvalue weighted by atomic mass is 16.8. The lowest BCUT2D eigenvalue weighted by molar-refractivity contribution is -0.316. The zero-order valence-electron chi connectivity index (χ0n) is 28.7. The highest BCUT2D eigenvalue weighted by Gasteiger charge is 2.56. The average Bonchev–Trinajstić information content (AvgIpc) is 3.36. The van der Waals surface area contributed by atoms with Crippen molar-refractivity contribution in [2.24, 2.45) is 51.2 Å². The molecule has 3 heterocycles. The molecule has 1 saturated carbocycles. The van der Waals surface area contributed by atoms with Crippen LogP contribution in [0.1, 0.15) is 12.8 Å². The summed E-state index contributed by atoms with van der Waals surface area (Å²) in [6.07, 6.45) is -25.1. The summed E-state index contributed by atoms with van der Waals surface area (Å²) in [5.41, 5.74) is 33.8. The Kier molecular flexibility index (Phi) is 14.3. The molecule has 4 rings (SSSR count). The van der Waals surface area contributed by atoms with E-state index in [0.29, 0.717) is 0 Å². The number of hydrogen-bond donors (Lipinski definition) is 19. The van der Waals surface area contributed by atoms with Crippen LogP contribution in [0.4, 0.5) is 0 Å². The topological polar surface area (TPSA) is 493 Å². The zero-order valence-corrected chi connectivity index (χ0v) is 28.7. The molecule has 3 saturated heterocycles. The predicted molar refractivity (Wildman–Crippen MR) is 181 cm³/mol. The van der Waals surface area contributed by atoms with Gasteiger partial charge in [-0.1, -0.05) is 0 Å². The Morgan fingerprint density at radius 1 is 0.611 bits per heavy atom. The normalized spacial score (nSPS) is 43.9.